The molecule has 4 rings (SSSR count). The van der Waals surface area contributed by atoms with Gasteiger partial charge in [0.1, 0.15) is 0 Å². The molecule has 148 valence electrons. The highest BCUT2D eigenvalue weighted by Gasteiger charge is 2.34. The predicted molar refractivity (Wildman–Crippen MR) is 133 cm³/mol. The first-order valence-corrected chi connectivity index (χ1v) is 12.0. The third kappa shape index (κ3) is 4.70. The van der Waals surface area contributed by atoms with Crippen molar-refractivity contribution in [3.05, 3.63) is 120 Å². The fourth-order valence-corrected chi connectivity index (χ4v) is 6.35. The second kappa shape index (κ2) is 9.09. The summed E-state index contributed by atoms with van der Waals surface area (Å²) in [7, 11) is -2.73. The van der Waals surface area contributed by atoms with Gasteiger partial charge in [0.05, 0.1) is 0 Å². The van der Waals surface area contributed by atoms with Gasteiger partial charge in [-0.3, -0.25) is 0 Å². The monoisotopic (exact) mass is 414 g/mol. The van der Waals surface area contributed by atoms with Crippen LogP contribution in [0.3, 0.4) is 0 Å². The van der Waals surface area contributed by atoms with E-state index in [0.717, 1.165) is 32.9 Å². The van der Waals surface area contributed by atoms with E-state index in [1.165, 1.54) is 0 Å². The Morgan fingerprint density at radius 3 is 1.16 bits per heavy atom. The lowest BCUT2D eigenvalue weighted by Gasteiger charge is -2.21. The van der Waals surface area contributed by atoms with Crippen molar-refractivity contribution < 1.29 is 0 Å². The van der Waals surface area contributed by atoms with Crippen molar-refractivity contribution >= 4 is 29.8 Å². The zero-order valence-electron chi connectivity index (χ0n) is 17.0. The Hall–Kier alpha value is -4.18. The van der Waals surface area contributed by atoms with Crippen LogP contribution in [-0.4, -0.2) is 8.07 Å². The molecule has 0 aliphatic heterocycles. The van der Waals surface area contributed by atoms with Gasteiger partial charge in [-0.2, -0.15) is 0 Å². The first-order valence-electron chi connectivity index (χ1n) is 10.0. The van der Waals surface area contributed by atoms with Gasteiger partial charge in [0.25, 0.3) is 8.07 Å². The molecule has 0 fully saturated rings. The maximum atomic E-state index is 5.84. The molecule has 0 amide bonds. The van der Waals surface area contributed by atoms with Crippen LogP contribution in [0.4, 0.5) is 11.4 Å². The van der Waals surface area contributed by atoms with Gasteiger partial charge in [-0.05, 0) is 58.9 Å². The first-order chi connectivity index (χ1) is 15.2. The molecule has 0 aliphatic carbocycles. The fourth-order valence-electron chi connectivity index (χ4n) is 3.33. The van der Waals surface area contributed by atoms with E-state index < -0.39 is 8.07 Å². The van der Waals surface area contributed by atoms with Gasteiger partial charge in [-0.25, -0.2) is 0 Å². The number of rotatable bonds is 2. The van der Waals surface area contributed by atoms with Crippen molar-refractivity contribution in [2.24, 2.45) is 0 Å². The lowest BCUT2D eigenvalue weighted by molar-refractivity contribution is 1.63. The summed E-state index contributed by atoms with van der Waals surface area (Å²) in [5.41, 5.74) is 22.2. The average Bonchev–Trinajstić information content (AvgIpc) is 2.83. The second-order valence-corrected chi connectivity index (χ2v) is 10.4. The zero-order chi connectivity index (χ0) is 21.5. The maximum absolute atomic E-state index is 5.84. The summed E-state index contributed by atoms with van der Waals surface area (Å²) in [5.74, 6) is 6.78. The molecule has 4 N–H and O–H groups in total. The minimum Gasteiger partial charge on any atom is -0.399 e. The highest BCUT2D eigenvalue weighted by Crippen LogP contribution is 2.09. The van der Waals surface area contributed by atoms with Gasteiger partial charge in [-0.1, -0.05) is 83.6 Å². The Morgan fingerprint density at radius 2 is 0.806 bits per heavy atom. The van der Waals surface area contributed by atoms with E-state index in [9.17, 15) is 0 Å². The van der Waals surface area contributed by atoms with Crippen LogP contribution in [0.15, 0.2) is 109 Å². The van der Waals surface area contributed by atoms with E-state index >= 15 is 0 Å². The van der Waals surface area contributed by atoms with Crippen molar-refractivity contribution in [2.75, 3.05) is 11.5 Å². The fraction of sp³-hybridized carbons (Fsp3) is 0. The Kier molecular flexibility index (Phi) is 5.90. The van der Waals surface area contributed by atoms with E-state index in [1.807, 2.05) is 60.7 Å². The highest BCUT2D eigenvalue weighted by molar-refractivity contribution is 7.13. The quantitative estimate of drug-likeness (QED) is 0.299. The minimum atomic E-state index is -2.73. The van der Waals surface area contributed by atoms with E-state index in [2.05, 4.69) is 71.5 Å². The molecule has 0 bridgehead atoms. The Balaban J connectivity index is 1.93. The Bertz CT molecular complexity index is 1170. The smallest absolute Gasteiger partial charge is 0.276 e. The van der Waals surface area contributed by atoms with Crippen LogP contribution in [0, 0.1) is 22.9 Å². The number of hydrogen-bond acceptors (Lipinski definition) is 2. The van der Waals surface area contributed by atoms with E-state index in [1.54, 1.807) is 0 Å². The summed E-state index contributed by atoms with van der Waals surface area (Å²) in [4.78, 5) is 0. The van der Waals surface area contributed by atoms with Gasteiger partial charge >= 0.3 is 0 Å². The normalized spacial score (nSPS) is 10.3. The van der Waals surface area contributed by atoms with Crippen molar-refractivity contribution in [3.63, 3.8) is 0 Å². The summed E-state index contributed by atoms with van der Waals surface area (Å²) in [6.45, 7) is 0. The Morgan fingerprint density at radius 1 is 0.452 bits per heavy atom. The summed E-state index contributed by atoms with van der Waals surface area (Å²) in [6.07, 6.45) is 0. The molecule has 3 heteroatoms. The molecule has 0 radical (unpaired) electrons. The van der Waals surface area contributed by atoms with Crippen molar-refractivity contribution in [2.45, 2.75) is 0 Å². The SMILES string of the molecule is Nc1ccc(C#C[Si](C#Cc2ccc(N)cc2)(c2ccccc2)c2ccccc2)cc1. The van der Waals surface area contributed by atoms with Gasteiger partial charge in [0.15, 0.2) is 0 Å². The largest absolute Gasteiger partial charge is 0.399 e. The maximum Gasteiger partial charge on any atom is 0.276 e. The van der Waals surface area contributed by atoms with Crippen LogP contribution in [0.5, 0.6) is 0 Å². The third-order valence-electron chi connectivity index (χ3n) is 5.02. The molecule has 0 aromatic heterocycles. The summed E-state index contributed by atoms with van der Waals surface area (Å²) < 4.78 is 0. The van der Waals surface area contributed by atoms with Crippen molar-refractivity contribution in [1.29, 1.82) is 0 Å². The molecule has 4 aromatic carbocycles. The molecule has 0 heterocycles. The number of nitrogens with two attached hydrogens (primary N) is 2. The van der Waals surface area contributed by atoms with Crippen LogP contribution in [0.25, 0.3) is 0 Å². The molecule has 0 spiro atoms. The molecule has 0 atom stereocenters. The van der Waals surface area contributed by atoms with Gasteiger partial charge < -0.3 is 11.5 Å². The molecule has 0 aliphatic rings. The van der Waals surface area contributed by atoms with Gasteiger partial charge in [-0.15, -0.1) is 0 Å². The van der Waals surface area contributed by atoms with E-state index in [4.69, 9.17) is 11.5 Å². The first kappa shape index (κ1) is 20.1. The van der Waals surface area contributed by atoms with Crippen LogP contribution < -0.4 is 21.8 Å². The van der Waals surface area contributed by atoms with Crippen molar-refractivity contribution in [1.82, 2.24) is 0 Å². The number of anilines is 2. The molecule has 0 saturated carbocycles. The van der Waals surface area contributed by atoms with E-state index in [-0.39, 0.29) is 0 Å². The number of nitrogen functional groups attached to an aromatic ring is 2. The molecule has 0 unspecified atom stereocenters. The molecule has 4 aromatic rings. The second-order valence-electron chi connectivity index (χ2n) is 7.23. The standard InChI is InChI=1S/C28H22N2Si/c29-25-15-11-23(12-16-25)19-21-31(27-7-3-1-4-8-27,28-9-5-2-6-10-28)22-20-24-13-17-26(30)18-14-24/h1-18H,29-30H2. The van der Waals surface area contributed by atoms with Gasteiger partial charge in [0.2, 0.25) is 0 Å². The third-order valence-corrected chi connectivity index (χ3v) is 8.42. The minimum absolute atomic E-state index is 0.725. The topological polar surface area (TPSA) is 52.0 Å². The van der Waals surface area contributed by atoms with E-state index in [0.29, 0.717) is 0 Å². The predicted octanol–water partition coefficient (Wildman–Crippen LogP) is 3.60. The lowest BCUT2D eigenvalue weighted by atomic mass is 10.2. The zero-order valence-corrected chi connectivity index (χ0v) is 18.0. The summed E-state index contributed by atoms with van der Waals surface area (Å²) >= 11 is 0. The highest BCUT2D eigenvalue weighted by atomic mass is 28.3. The van der Waals surface area contributed by atoms with Crippen LogP contribution in [0.1, 0.15) is 11.1 Å². The average molecular weight is 415 g/mol. The lowest BCUT2D eigenvalue weighted by Crippen LogP contribution is -2.57. The summed E-state index contributed by atoms with van der Waals surface area (Å²) in [6, 6.07) is 36.1. The van der Waals surface area contributed by atoms with Crippen LogP contribution in [0.2, 0.25) is 0 Å². The number of hydrogen-bond donors (Lipinski definition) is 2. The summed E-state index contributed by atoms with van der Waals surface area (Å²) in [5, 5.41) is 2.32. The number of benzene rings is 4. The van der Waals surface area contributed by atoms with Gasteiger partial charge in [0, 0.05) is 22.5 Å². The molecule has 0 saturated heterocycles. The molecule has 2 nitrogen and oxygen atoms in total. The Labute approximate surface area is 184 Å². The van der Waals surface area contributed by atoms with Crippen LogP contribution in [-0.2, 0) is 0 Å². The van der Waals surface area contributed by atoms with Crippen molar-refractivity contribution in [3.8, 4) is 22.9 Å². The molecule has 31 heavy (non-hydrogen) atoms. The van der Waals surface area contributed by atoms with Crippen LogP contribution >= 0.6 is 0 Å². The molecular weight excluding hydrogens is 392 g/mol. The molecular formula is C28H22N2Si.